The van der Waals surface area contributed by atoms with E-state index in [0.29, 0.717) is 12.8 Å². The van der Waals surface area contributed by atoms with Crippen LogP contribution >= 0.6 is 12.4 Å². The van der Waals surface area contributed by atoms with E-state index in [-0.39, 0.29) is 23.9 Å². The van der Waals surface area contributed by atoms with Gasteiger partial charge < -0.3 is 0 Å². The maximum Gasteiger partial charge on any atom is 0.150 e. The third-order valence-electron chi connectivity index (χ3n) is 1.91. The van der Waals surface area contributed by atoms with Crippen LogP contribution < -0.4 is 0 Å². The van der Waals surface area contributed by atoms with Crippen LogP contribution in [0.3, 0.4) is 0 Å². The molecule has 15 heavy (non-hydrogen) atoms. The predicted molar refractivity (Wildman–Crippen MR) is 64.1 cm³/mol. The van der Waals surface area contributed by atoms with Crippen LogP contribution in [0, 0.1) is 0 Å². The molecule has 0 bridgehead atoms. The molecule has 1 heterocycles. The molecule has 0 radical (unpaired) electrons. The number of aryl methyl sites for hydroxylation is 1. The molecule has 0 aliphatic carbocycles. The molecule has 0 N–H and O–H groups in total. The second-order valence-corrected chi connectivity index (χ2v) is 5.53. The van der Waals surface area contributed by atoms with E-state index in [0.717, 1.165) is 5.69 Å². The van der Waals surface area contributed by atoms with Crippen LogP contribution in [0.15, 0.2) is 24.4 Å². The number of aromatic nitrogens is 1. The molecule has 0 saturated carbocycles. The van der Waals surface area contributed by atoms with Gasteiger partial charge in [-0.15, -0.1) is 12.4 Å². The first-order valence-electron chi connectivity index (χ1n) is 4.74. The minimum absolute atomic E-state index is 0. The summed E-state index contributed by atoms with van der Waals surface area (Å²) in [5, 5.41) is 0. The largest absolute Gasteiger partial charge is 0.261 e. The van der Waals surface area contributed by atoms with Gasteiger partial charge in [-0.1, -0.05) is 13.0 Å². The summed E-state index contributed by atoms with van der Waals surface area (Å²) in [7, 11) is -2.87. The average molecular weight is 250 g/mol. The molecule has 1 aromatic heterocycles. The number of sulfone groups is 1. The van der Waals surface area contributed by atoms with Crippen LogP contribution in [-0.4, -0.2) is 24.9 Å². The van der Waals surface area contributed by atoms with Gasteiger partial charge in [0.1, 0.15) is 0 Å². The lowest BCUT2D eigenvalue weighted by Gasteiger charge is -2.01. The van der Waals surface area contributed by atoms with E-state index in [1.165, 1.54) is 0 Å². The Labute approximate surface area is 97.3 Å². The Morgan fingerprint density at radius 1 is 1.27 bits per heavy atom. The van der Waals surface area contributed by atoms with Gasteiger partial charge in [-0.3, -0.25) is 4.98 Å². The first-order valence-corrected chi connectivity index (χ1v) is 6.56. The van der Waals surface area contributed by atoms with Crippen molar-refractivity contribution in [1.82, 2.24) is 4.98 Å². The smallest absolute Gasteiger partial charge is 0.150 e. The Morgan fingerprint density at radius 2 is 2.00 bits per heavy atom. The van der Waals surface area contributed by atoms with Crippen molar-refractivity contribution < 1.29 is 8.42 Å². The maximum atomic E-state index is 11.4. The topological polar surface area (TPSA) is 47.0 Å². The van der Waals surface area contributed by atoms with Crippen LogP contribution in [0.25, 0.3) is 0 Å². The summed E-state index contributed by atoms with van der Waals surface area (Å²) in [5.74, 6) is 0.484. The van der Waals surface area contributed by atoms with Crippen LogP contribution in [-0.2, 0) is 16.3 Å². The van der Waals surface area contributed by atoms with Crippen molar-refractivity contribution in [3.8, 4) is 0 Å². The van der Waals surface area contributed by atoms with E-state index in [9.17, 15) is 8.42 Å². The van der Waals surface area contributed by atoms with Gasteiger partial charge in [0.05, 0.1) is 5.75 Å². The first kappa shape index (κ1) is 14.4. The van der Waals surface area contributed by atoms with Crippen LogP contribution in [0.5, 0.6) is 0 Å². The fourth-order valence-corrected chi connectivity index (χ4v) is 2.57. The zero-order chi connectivity index (χ0) is 10.4. The lowest BCUT2D eigenvalue weighted by atomic mass is 10.3. The van der Waals surface area contributed by atoms with E-state index < -0.39 is 9.84 Å². The zero-order valence-electron chi connectivity index (χ0n) is 8.72. The molecule has 86 valence electrons. The second-order valence-electron chi connectivity index (χ2n) is 3.22. The Morgan fingerprint density at radius 3 is 2.53 bits per heavy atom. The molecule has 0 unspecified atom stereocenters. The second kappa shape index (κ2) is 6.80. The third kappa shape index (κ3) is 5.74. The molecule has 0 amide bonds. The molecule has 0 atom stereocenters. The molecule has 5 heteroatoms. The summed E-state index contributed by atoms with van der Waals surface area (Å²) < 4.78 is 22.8. The highest BCUT2D eigenvalue weighted by molar-refractivity contribution is 7.91. The Hall–Kier alpha value is -0.610. The minimum atomic E-state index is -2.87. The molecular weight excluding hydrogens is 234 g/mol. The lowest BCUT2D eigenvalue weighted by Crippen LogP contribution is -2.12. The highest BCUT2D eigenvalue weighted by Crippen LogP contribution is 2.00. The van der Waals surface area contributed by atoms with E-state index in [1.54, 1.807) is 6.20 Å². The highest BCUT2D eigenvalue weighted by Gasteiger charge is 2.09. The molecule has 3 nitrogen and oxygen atoms in total. The van der Waals surface area contributed by atoms with Crippen LogP contribution in [0.4, 0.5) is 0 Å². The van der Waals surface area contributed by atoms with Crippen molar-refractivity contribution in [2.75, 3.05) is 11.5 Å². The first-order chi connectivity index (χ1) is 6.64. The quantitative estimate of drug-likeness (QED) is 0.801. The predicted octanol–water partition coefficient (Wildman–Crippen LogP) is 1.87. The molecule has 0 aliphatic heterocycles. The van der Waals surface area contributed by atoms with Crippen molar-refractivity contribution in [3.05, 3.63) is 30.1 Å². The molecular formula is C10H16ClNO2S. The number of halogens is 1. The van der Waals surface area contributed by atoms with Crippen molar-refractivity contribution in [1.29, 1.82) is 0 Å². The SMILES string of the molecule is CCCS(=O)(=O)CCc1ccccn1.Cl. The summed E-state index contributed by atoms with van der Waals surface area (Å²) in [6.45, 7) is 1.87. The molecule has 0 aromatic carbocycles. The summed E-state index contributed by atoms with van der Waals surface area (Å²) in [4.78, 5) is 4.08. The number of hydrogen-bond acceptors (Lipinski definition) is 3. The Kier molecular flexibility index (Phi) is 6.52. The summed E-state index contributed by atoms with van der Waals surface area (Å²) in [6.07, 6.45) is 2.88. The Balaban J connectivity index is 0.00000196. The minimum Gasteiger partial charge on any atom is -0.261 e. The zero-order valence-corrected chi connectivity index (χ0v) is 10.4. The van der Waals surface area contributed by atoms with Gasteiger partial charge in [-0.2, -0.15) is 0 Å². The fourth-order valence-electron chi connectivity index (χ4n) is 1.22. The number of pyridine rings is 1. The Bertz CT molecular complexity index is 364. The van der Waals surface area contributed by atoms with Crippen molar-refractivity contribution in [3.63, 3.8) is 0 Å². The highest BCUT2D eigenvalue weighted by atomic mass is 35.5. The number of rotatable bonds is 5. The van der Waals surface area contributed by atoms with Gasteiger partial charge in [-0.05, 0) is 18.6 Å². The van der Waals surface area contributed by atoms with Crippen LogP contribution in [0.1, 0.15) is 19.0 Å². The van der Waals surface area contributed by atoms with E-state index in [4.69, 9.17) is 0 Å². The van der Waals surface area contributed by atoms with Crippen LogP contribution in [0.2, 0.25) is 0 Å². The molecule has 1 rings (SSSR count). The van der Waals surface area contributed by atoms with Crippen molar-refractivity contribution >= 4 is 22.2 Å². The third-order valence-corrected chi connectivity index (χ3v) is 3.77. The van der Waals surface area contributed by atoms with Crippen molar-refractivity contribution in [2.45, 2.75) is 19.8 Å². The summed E-state index contributed by atoms with van der Waals surface area (Å²) in [5.41, 5.74) is 0.840. The molecule has 1 aromatic rings. The maximum absolute atomic E-state index is 11.4. The lowest BCUT2D eigenvalue weighted by molar-refractivity contribution is 0.593. The van der Waals surface area contributed by atoms with E-state index in [1.807, 2.05) is 25.1 Å². The molecule has 0 aliphatic rings. The van der Waals surface area contributed by atoms with Gasteiger partial charge in [0.2, 0.25) is 0 Å². The van der Waals surface area contributed by atoms with Gasteiger partial charge in [0.25, 0.3) is 0 Å². The van der Waals surface area contributed by atoms with E-state index in [2.05, 4.69) is 4.98 Å². The fraction of sp³-hybridized carbons (Fsp3) is 0.500. The van der Waals surface area contributed by atoms with E-state index >= 15 is 0 Å². The van der Waals surface area contributed by atoms with Gasteiger partial charge in [0, 0.05) is 24.1 Å². The summed E-state index contributed by atoms with van der Waals surface area (Å²) in [6, 6.07) is 5.54. The normalized spacial score (nSPS) is 10.7. The standard InChI is InChI=1S/C10H15NO2S.ClH/c1-2-8-14(12,13)9-6-10-5-3-4-7-11-10;/h3-5,7H,2,6,8-9H2,1H3;1H. The van der Waals surface area contributed by atoms with Gasteiger partial charge in [-0.25, -0.2) is 8.42 Å². The average Bonchev–Trinajstić information content (AvgIpc) is 2.17. The number of hydrogen-bond donors (Lipinski definition) is 0. The number of nitrogens with zero attached hydrogens (tertiary/aromatic N) is 1. The van der Waals surface area contributed by atoms with Gasteiger partial charge >= 0.3 is 0 Å². The monoisotopic (exact) mass is 249 g/mol. The van der Waals surface area contributed by atoms with Gasteiger partial charge in [0.15, 0.2) is 9.84 Å². The molecule has 0 spiro atoms. The van der Waals surface area contributed by atoms with Crippen molar-refractivity contribution in [2.24, 2.45) is 0 Å². The summed E-state index contributed by atoms with van der Waals surface area (Å²) >= 11 is 0. The molecule has 0 fully saturated rings. The molecule has 0 saturated heterocycles.